The molecule has 1 unspecified atom stereocenters. The van der Waals surface area contributed by atoms with Crippen molar-refractivity contribution in [2.24, 2.45) is 0 Å². The SMILES string of the molecule is Oc1c(F)c2c(c3c1C3)CCc1ccccc1C2F. The minimum atomic E-state index is -1.48. The molecular weight excluding hydrogens is 246 g/mol. The average Bonchev–Trinajstić information content (AvgIpc) is 3.21. The second kappa shape index (κ2) is 3.56. The molecule has 0 radical (unpaired) electrons. The molecule has 1 nitrogen and oxygen atoms in total. The number of hydrogen-bond acceptors (Lipinski definition) is 1. The molecule has 2 aromatic rings. The summed E-state index contributed by atoms with van der Waals surface area (Å²) in [5, 5.41) is 9.73. The second-order valence-electron chi connectivity index (χ2n) is 5.25. The summed E-state index contributed by atoms with van der Waals surface area (Å²) in [6.07, 6.45) is 0.485. The van der Waals surface area contributed by atoms with Gasteiger partial charge < -0.3 is 5.11 Å². The smallest absolute Gasteiger partial charge is 0.171 e. The second-order valence-corrected chi connectivity index (χ2v) is 5.25. The monoisotopic (exact) mass is 258 g/mol. The van der Waals surface area contributed by atoms with Crippen molar-refractivity contribution in [2.45, 2.75) is 25.4 Å². The molecule has 0 fully saturated rings. The number of halogens is 2. The maximum atomic E-state index is 14.7. The summed E-state index contributed by atoms with van der Waals surface area (Å²) in [4.78, 5) is 0. The third kappa shape index (κ3) is 1.38. The Kier molecular flexibility index (Phi) is 2.06. The highest BCUT2D eigenvalue weighted by Gasteiger charge is 2.37. The van der Waals surface area contributed by atoms with Crippen LogP contribution in [0, 0.1) is 5.82 Å². The summed E-state index contributed by atoms with van der Waals surface area (Å²) in [6, 6.07) is 7.24. The molecule has 0 saturated heterocycles. The van der Waals surface area contributed by atoms with Gasteiger partial charge in [-0.3, -0.25) is 0 Å². The standard InChI is InChI=1S/C16H12F2O/c17-14-9-4-2-1-3-8(9)5-6-10-11-7-12(11)16(19)15(18)13(10)14/h1-4,14,19H,5-7H2. The largest absolute Gasteiger partial charge is 0.505 e. The van der Waals surface area contributed by atoms with E-state index in [0.717, 1.165) is 23.1 Å². The van der Waals surface area contributed by atoms with E-state index in [1.54, 1.807) is 12.1 Å². The predicted molar refractivity (Wildman–Crippen MR) is 67.7 cm³/mol. The van der Waals surface area contributed by atoms with Gasteiger partial charge in [-0.15, -0.1) is 0 Å². The summed E-state index contributed by atoms with van der Waals surface area (Å²) in [7, 11) is 0. The van der Waals surface area contributed by atoms with E-state index < -0.39 is 12.0 Å². The normalized spacial score (nSPS) is 19.2. The summed E-state index contributed by atoms with van der Waals surface area (Å²) in [5.41, 5.74) is 3.89. The van der Waals surface area contributed by atoms with Crippen LogP contribution in [0.4, 0.5) is 8.78 Å². The lowest BCUT2D eigenvalue weighted by molar-refractivity contribution is 0.371. The molecule has 2 aliphatic rings. The zero-order valence-electron chi connectivity index (χ0n) is 10.2. The molecule has 3 heteroatoms. The van der Waals surface area contributed by atoms with Gasteiger partial charge in [0.25, 0.3) is 0 Å². The van der Waals surface area contributed by atoms with Gasteiger partial charge in [0, 0.05) is 17.5 Å². The van der Waals surface area contributed by atoms with Crippen LogP contribution >= 0.6 is 0 Å². The molecule has 1 N–H and O–H groups in total. The first-order valence-electron chi connectivity index (χ1n) is 6.45. The van der Waals surface area contributed by atoms with Gasteiger partial charge in [0.05, 0.1) is 0 Å². The van der Waals surface area contributed by atoms with Crippen molar-refractivity contribution in [3.8, 4) is 5.75 Å². The van der Waals surface area contributed by atoms with Gasteiger partial charge in [-0.25, -0.2) is 8.78 Å². The fourth-order valence-electron chi connectivity index (χ4n) is 3.18. The Labute approximate surface area is 109 Å². The molecule has 0 bridgehead atoms. The van der Waals surface area contributed by atoms with Gasteiger partial charge in [-0.1, -0.05) is 24.3 Å². The van der Waals surface area contributed by atoms with Crippen molar-refractivity contribution >= 4 is 0 Å². The molecule has 96 valence electrons. The van der Waals surface area contributed by atoms with E-state index >= 15 is 0 Å². The summed E-state index contributed by atoms with van der Waals surface area (Å²) < 4.78 is 28.9. The topological polar surface area (TPSA) is 20.2 Å². The van der Waals surface area contributed by atoms with E-state index in [4.69, 9.17) is 0 Å². The van der Waals surface area contributed by atoms with E-state index in [9.17, 15) is 13.9 Å². The van der Waals surface area contributed by atoms with Crippen LogP contribution < -0.4 is 0 Å². The van der Waals surface area contributed by atoms with E-state index in [-0.39, 0.29) is 11.3 Å². The van der Waals surface area contributed by atoms with Crippen molar-refractivity contribution in [1.29, 1.82) is 0 Å². The minimum absolute atomic E-state index is 0.0544. The molecule has 0 heterocycles. The summed E-state index contributed by atoms with van der Waals surface area (Å²) in [5.74, 6) is -1.12. The maximum absolute atomic E-state index is 14.7. The van der Waals surface area contributed by atoms with Crippen LogP contribution in [0.5, 0.6) is 5.75 Å². The zero-order valence-corrected chi connectivity index (χ0v) is 10.2. The number of fused-ring (bicyclic) bond motifs is 4. The fraction of sp³-hybridized carbons (Fsp3) is 0.250. The number of phenolic OH excluding ortho intramolecular Hbond substituents is 1. The van der Waals surface area contributed by atoms with Crippen LogP contribution in [0.3, 0.4) is 0 Å². The Hall–Kier alpha value is -1.90. The number of alkyl halides is 1. The van der Waals surface area contributed by atoms with Gasteiger partial charge in [0.2, 0.25) is 0 Å². The first-order chi connectivity index (χ1) is 9.18. The van der Waals surface area contributed by atoms with Crippen LogP contribution in [0.15, 0.2) is 24.3 Å². The molecule has 2 aromatic carbocycles. The molecule has 0 aromatic heterocycles. The van der Waals surface area contributed by atoms with Crippen LogP contribution in [-0.4, -0.2) is 5.11 Å². The van der Waals surface area contributed by atoms with Crippen LogP contribution in [-0.2, 0) is 19.3 Å². The lowest BCUT2D eigenvalue weighted by Gasteiger charge is -2.13. The lowest BCUT2D eigenvalue weighted by atomic mass is 9.97. The number of aryl methyl sites for hydroxylation is 1. The predicted octanol–water partition coefficient (Wildman–Crippen LogP) is 3.59. The quantitative estimate of drug-likeness (QED) is 0.653. The molecule has 19 heavy (non-hydrogen) atoms. The summed E-state index contributed by atoms with van der Waals surface area (Å²) >= 11 is 0. The third-order valence-corrected chi connectivity index (χ3v) is 4.24. The van der Waals surface area contributed by atoms with E-state index in [0.29, 0.717) is 24.0 Å². The highest BCUT2D eigenvalue weighted by molar-refractivity contribution is 5.64. The molecule has 1 atom stereocenters. The first-order valence-corrected chi connectivity index (χ1v) is 6.45. The Morgan fingerprint density at radius 3 is 2.68 bits per heavy atom. The highest BCUT2D eigenvalue weighted by Crippen LogP contribution is 2.48. The Morgan fingerprint density at radius 1 is 1.05 bits per heavy atom. The van der Waals surface area contributed by atoms with Crippen molar-refractivity contribution < 1.29 is 13.9 Å². The molecular formula is C16H12F2O. The van der Waals surface area contributed by atoms with Crippen molar-refractivity contribution in [2.75, 3.05) is 0 Å². The highest BCUT2D eigenvalue weighted by atomic mass is 19.1. The number of benzene rings is 2. The molecule has 0 aliphatic heterocycles. The van der Waals surface area contributed by atoms with Gasteiger partial charge in [-0.05, 0) is 35.1 Å². The van der Waals surface area contributed by atoms with Crippen LogP contribution in [0.2, 0.25) is 0 Å². The zero-order chi connectivity index (χ0) is 13.1. The van der Waals surface area contributed by atoms with Crippen LogP contribution in [0.1, 0.15) is 39.6 Å². The number of aromatic hydroxyl groups is 1. The van der Waals surface area contributed by atoms with E-state index in [1.807, 2.05) is 12.1 Å². The van der Waals surface area contributed by atoms with Crippen molar-refractivity contribution in [3.63, 3.8) is 0 Å². The van der Waals surface area contributed by atoms with Gasteiger partial charge in [0.15, 0.2) is 17.7 Å². The third-order valence-electron chi connectivity index (χ3n) is 4.24. The molecule has 0 saturated carbocycles. The Morgan fingerprint density at radius 2 is 1.84 bits per heavy atom. The Bertz CT molecular complexity index is 706. The number of phenols is 1. The molecule has 4 rings (SSSR count). The van der Waals surface area contributed by atoms with Crippen molar-refractivity contribution in [1.82, 2.24) is 0 Å². The Balaban J connectivity index is 2.00. The maximum Gasteiger partial charge on any atom is 0.171 e. The lowest BCUT2D eigenvalue weighted by Crippen LogP contribution is -2.01. The van der Waals surface area contributed by atoms with Gasteiger partial charge in [0.1, 0.15) is 0 Å². The van der Waals surface area contributed by atoms with E-state index in [2.05, 4.69) is 0 Å². The van der Waals surface area contributed by atoms with Gasteiger partial charge in [-0.2, -0.15) is 0 Å². The van der Waals surface area contributed by atoms with E-state index in [1.165, 1.54) is 0 Å². The summed E-state index contributed by atoms with van der Waals surface area (Å²) in [6.45, 7) is 0. The molecule has 0 amide bonds. The fourth-order valence-corrected chi connectivity index (χ4v) is 3.18. The number of rotatable bonds is 0. The van der Waals surface area contributed by atoms with Gasteiger partial charge >= 0.3 is 0 Å². The molecule has 2 aliphatic carbocycles. The molecule has 0 spiro atoms. The van der Waals surface area contributed by atoms with Crippen LogP contribution in [0.25, 0.3) is 0 Å². The minimum Gasteiger partial charge on any atom is -0.505 e. The van der Waals surface area contributed by atoms with Crippen molar-refractivity contribution in [3.05, 3.63) is 63.5 Å². The first kappa shape index (κ1) is 11.0. The number of hydrogen-bond donors (Lipinski definition) is 1. The average molecular weight is 258 g/mol.